The van der Waals surface area contributed by atoms with Crippen LogP contribution in [-0.2, 0) is 14.4 Å². The number of β-amino-alcohol motifs (C(OH)–C–C–N with tert-alkyl or cyclic N) is 1. The molecule has 14 nitrogen and oxygen atoms in total. The van der Waals surface area contributed by atoms with Crippen molar-refractivity contribution >= 4 is 63.6 Å². The molecule has 0 aliphatic carbocycles. The zero-order chi connectivity index (χ0) is 50.0. The molecule has 1 fully saturated rings. The fourth-order valence-corrected chi connectivity index (χ4v) is 11.2. The summed E-state index contributed by atoms with van der Waals surface area (Å²) in [5, 5.41) is 32.2. The zero-order valence-electron chi connectivity index (χ0n) is 40.6. The summed E-state index contributed by atoms with van der Waals surface area (Å²) in [6.07, 6.45) is -0.222. The SMILES string of the molecule is Cc1ccsc1-c1ccc([C@H](C)NC(=O)[C@@H]2C[C@@H](O)CN2C(=O)[C@@H](NC(=O)c2ccc(OCCCNC(=O)CC3N=C(c4ccc(Cl)cc4)c4c(sc(C)c4C)-n4c(C)nnc43)cc2)C(C)(C)C)cc1. The third kappa shape index (κ3) is 10.9. The quantitative estimate of drug-likeness (QED) is 0.0737. The Hall–Kier alpha value is -6.20. The fraction of sp³-hybridized carbons (Fsp3) is 0.377. The molecule has 4 N–H and O–H groups in total. The molecule has 70 heavy (non-hydrogen) atoms. The normalized spacial score (nSPS) is 17.4. The Morgan fingerprint density at radius 2 is 1.61 bits per heavy atom. The molecule has 1 saturated heterocycles. The summed E-state index contributed by atoms with van der Waals surface area (Å²) in [5.74, 6) is 0.383. The summed E-state index contributed by atoms with van der Waals surface area (Å²) in [6.45, 7) is 16.2. The highest BCUT2D eigenvalue weighted by molar-refractivity contribution is 7.15. The molecule has 5 atom stereocenters. The molecule has 0 saturated carbocycles. The number of carbonyl (C=O) groups excluding carboxylic acids is 4. The largest absolute Gasteiger partial charge is 0.494 e. The Labute approximate surface area is 421 Å². The van der Waals surface area contributed by atoms with Gasteiger partial charge >= 0.3 is 0 Å². The van der Waals surface area contributed by atoms with Crippen molar-refractivity contribution in [3.05, 3.63) is 139 Å². The number of aliphatic hydroxyl groups excluding tert-OH is 1. The first-order chi connectivity index (χ1) is 33.4. The van der Waals surface area contributed by atoms with E-state index >= 15 is 0 Å². The number of ether oxygens (including phenoxy) is 1. The van der Waals surface area contributed by atoms with E-state index in [1.54, 1.807) is 46.9 Å². The van der Waals surface area contributed by atoms with Crippen LogP contribution >= 0.6 is 34.3 Å². The number of hydrogen-bond acceptors (Lipinski definition) is 11. The number of aliphatic hydroxyl groups is 1. The summed E-state index contributed by atoms with van der Waals surface area (Å²) in [5.41, 5.74) is 6.60. The number of fused-ring (bicyclic) bond motifs is 3. The second kappa shape index (κ2) is 21.0. The number of nitrogens with zero attached hydrogens (tertiary/aromatic N) is 5. The zero-order valence-corrected chi connectivity index (χ0v) is 43.0. The number of aromatic nitrogens is 3. The van der Waals surface area contributed by atoms with Crippen molar-refractivity contribution < 1.29 is 29.0 Å². The Morgan fingerprint density at radius 1 is 0.914 bits per heavy atom. The van der Waals surface area contributed by atoms with Crippen LogP contribution in [0.1, 0.15) is 114 Å². The summed E-state index contributed by atoms with van der Waals surface area (Å²) in [7, 11) is 0. The standard InChI is InChI=1S/C53H59ClN8O6S2/c1-29-22-25-69-46(29)36-12-10-34(11-13-36)31(3)56-50(66)42-26-39(63)28-61(42)51(67)47(53(6,7)8)58-49(65)37-16-20-40(21-17-37)68-24-9-23-55-43(64)27-41-48-60-59-33(5)62(48)52-44(30(2)32(4)70-52)45(57-41)35-14-18-38(54)19-15-35/h10-22,25,31,39,41-42,47,63H,9,23-24,26-28H2,1-8H3,(H,55,64)(H,56,66)(H,58,65)/t31-,39+,41?,42-,47+/m0/s1. The maximum Gasteiger partial charge on any atom is 0.251 e. The molecule has 2 aliphatic rings. The van der Waals surface area contributed by atoms with Crippen LogP contribution in [0.15, 0.2) is 89.2 Å². The minimum atomic E-state index is -0.998. The van der Waals surface area contributed by atoms with E-state index in [0.29, 0.717) is 47.6 Å². The Kier molecular flexibility index (Phi) is 15.1. The number of aryl methyl sites for hydroxylation is 3. The highest BCUT2D eigenvalue weighted by Gasteiger charge is 2.45. The summed E-state index contributed by atoms with van der Waals surface area (Å²) < 4.78 is 7.98. The number of halogens is 1. The van der Waals surface area contributed by atoms with Gasteiger partial charge in [-0.2, -0.15) is 0 Å². The van der Waals surface area contributed by atoms with E-state index in [9.17, 15) is 24.3 Å². The van der Waals surface area contributed by atoms with Crippen molar-refractivity contribution in [2.75, 3.05) is 19.7 Å². The van der Waals surface area contributed by atoms with E-state index in [2.05, 4.69) is 58.4 Å². The predicted molar refractivity (Wildman–Crippen MR) is 275 cm³/mol. The lowest BCUT2D eigenvalue weighted by Crippen LogP contribution is -2.57. The van der Waals surface area contributed by atoms with Gasteiger partial charge in [0.25, 0.3) is 5.91 Å². The minimum Gasteiger partial charge on any atom is -0.494 e. The molecule has 6 aromatic rings. The van der Waals surface area contributed by atoms with Gasteiger partial charge in [-0.1, -0.05) is 68.8 Å². The van der Waals surface area contributed by atoms with Crippen LogP contribution in [0.4, 0.5) is 0 Å². The van der Waals surface area contributed by atoms with Crippen LogP contribution in [0.5, 0.6) is 5.75 Å². The number of benzene rings is 3. The van der Waals surface area contributed by atoms with Gasteiger partial charge in [-0.05, 0) is 117 Å². The van der Waals surface area contributed by atoms with E-state index < -0.39 is 41.5 Å². The number of hydrogen-bond donors (Lipinski definition) is 4. The van der Waals surface area contributed by atoms with Gasteiger partial charge in [-0.25, -0.2) is 0 Å². The second-order valence-corrected chi connectivity index (χ2v) is 21.7. The minimum absolute atomic E-state index is 0.0287. The van der Waals surface area contributed by atoms with Crippen LogP contribution < -0.4 is 20.7 Å². The predicted octanol–water partition coefficient (Wildman–Crippen LogP) is 8.80. The molecule has 0 bridgehead atoms. The smallest absolute Gasteiger partial charge is 0.251 e. The average Bonchev–Trinajstić information content (AvgIpc) is 4.10. The maximum absolute atomic E-state index is 14.3. The molecule has 2 aliphatic heterocycles. The molecule has 1 unspecified atom stereocenters. The number of carbonyl (C=O) groups is 4. The van der Waals surface area contributed by atoms with Gasteiger partial charge in [0, 0.05) is 51.0 Å². The van der Waals surface area contributed by atoms with Gasteiger partial charge < -0.3 is 30.7 Å². The van der Waals surface area contributed by atoms with Crippen molar-refractivity contribution in [1.29, 1.82) is 0 Å². The Bertz CT molecular complexity index is 2920. The summed E-state index contributed by atoms with van der Waals surface area (Å²) in [6, 6.07) is 21.5. The van der Waals surface area contributed by atoms with E-state index in [-0.39, 0.29) is 37.2 Å². The molecule has 4 amide bonds. The number of aliphatic imine (C=N–C) groups is 1. The van der Waals surface area contributed by atoms with Gasteiger partial charge in [0.05, 0.1) is 30.9 Å². The van der Waals surface area contributed by atoms with Gasteiger partial charge in [0.1, 0.15) is 34.7 Å². The molecule has 366 valence electrons. The average molecular weight is 1000 g/mol. The summed E-state index contributed by atoms with van der Waals surface area (Å²) in [4.78, 5) is 64.1. The van der Waals surface area contributed by atoms with Crippen LogP contribution in [0.2, 0.25) is 5.02 Å². The van der Waals surface area contributed by atoms with Gasteiger partial charge in [-0.3, -0.25) is 28.7 Å². The third-order valence-corrected chi connectivity index (χ3v) is 15.4. The molecular formula is C53H59ClN8O6S2. The van der Waals surface area contributed by atoms with E-state index in [0.717, 1.165) is 43.4 Å². The molecule has 17 heteroatoms. The molecule has 0 spiro atoms. The maximum atomic E-state index is 14.3. The van der Waals surface area contributed by atoms with Crippen molar-refractivity contribution in [2.45, 2.75) is 105 Å². The third-order valence-electron chi connectivity index (χ3n) is 12.9. The molecule has 5 heterocycles. The number of rotatable bonds is 15. The van der Waals surface area contributed by atoms with Crippen LogP contribution in [-0.4, -0.2) is 92.0 Å². The monoisotopic (exact) mass is 1000 g/mol. The Balaban J connectivity index is 0.836. The number of thiophene rings is 2. The van der Waals surface area contributed by atoms with E-state index in [4.69, 9.17) is 21.3 Å². The van der Waals surface area contributed by atoms with Crippen LogP contribution in [0.3, 0.4) is 0 Å². The highest BCUT2D eigenvalue weighted by Crippen LogP contribution is 2.40. The number of likely N-dealkylation sites (tertiary alicyclic amines) is 1. The second-order valence-electron chi connectivity index (χ2n) is 19.1. The van der Waals surface area contributed by atoms with Crippen LogP contribution in [0, 0.1) is 33.1 Å². The van der Waals surface area contributed by atoms with Crippen LogP contribution in [0.25, 0.3) is 15.4 Å². The lowest BCUT2D eigenvalue weighted by atomic mass is 9.85. The number of amides is 4. The molecule has 0 radical (unpaired) electrons. The summed E-state index contributed by atoms with van der Waals surface area (Å²) >= 11 is 9.59. The lowest BCUT2D eigenvalue weighted by molar-refractivity contribution is -0.142. The first kappa shape index (κ1) is 50.2. The van der Waals surface area contributed by atoms with E-state index in [1.807, 2.05) is 87.7 Å². The first-order valence-corrected chi connectivity index (χ1v) is 25.6. The van der Waals surface area contributed by atoms with E-state index in [1.165, 1.54) is 15.3 Å². The molecule has 3 aromatic carbocycles. The topological polar surface area (TPSA) is 180 Å². The number of nitrogens with one attached hydrogen (secondary N) is 3. The molecular weight excluding hydrogens is 944 g/mol. The highest BCUT2D eigenvalue weighted by atomic mass is 35.5. The van der Waals surface area contributed by atoms with Gasteiger partial charge in [0.15, 0.2) is 5.82 Å². The fourth-order valence-electron chi connectivity index (χ4n) is 8.89. The van der Waals surface area contributed by atoms with Crippen molar-refractivity contribution in [3.63, 3.8) is 0 Å². The molecule has 8 rings (SSSR count). The van der Waals surface area contributed by atoms with Gasteiger partial charge in [-0.15, -0.1) is 32.9 Å². The lowest BCUT2D eigenvalue weighted by Gasteiger charge is -2.35. The van der Waals surface area contributed by atoms with Crippen molar-refractivity contribution in [3.8, 4) is 21.2 Å². The first-order valence-electron chi connectivity index (χ1n) is 23.5. The Morgan fingerprint density at radius 3 is 2.29 bits per heavy atom. The van der Waals surface area contributed by atoms with Crippen molar-refractivity contribution in [2.24, 2.45) is 10.4 Å². The van der Waals surface area contributed by atoms with Crippen molar-refractivity contribution in [1.82, 2.24) is 35.6 Å². The van der Waals surface area contributed by atoms with Gasteiger partial charge in [0.2, 0.25) is 17.7 Å². The molecule has 3 aromatic heterocycles.